The number of rotatable bonds is 4. The van der Waals surface area contributed by atoms with Gasteiger partial charge in [-0.25, -0.2) is 0 Å². The number of benzene rings is 1. The number of ketones is 2. The Morgan fingerprint density at radius 2 is 2.00 bits per heavy atom. The highest BCUT2D eigenvalue weighted by atomic mass is 35.5. The summed E-state index contributed by atoms with van der Waals surface area (Å²) in [6.07, 6.45) is 0.440. The van der Waals surface area contributed by atoms with Crippen LogP contribution in [-0.4, -0.2) is 29.1 Å². The van der Waals surface area contributed by atoms with Crippen molar-refractivity contribution in [2.45, 2.75) is 32.6 Å². The van der Waals surface area contributed by atoms with Crippen LogP contribution in [0.1, 0.15) is 38.3 Å². The summed E-state index contributed by atoms with van der Waals surface area (Å²) in [5, 5.41) is 13.2. The molecule has 1 atom stereocenters. The van der Waals surface area contributed by atoms with Gasteiger partial charge in [-0.1, -0.05) is 18.5 Å². The molecule has 0 aromatic heterocycles. The Labute approximate surface area is 139 Å². The van der Waals surface area contributed by atoms with Crippen LogP contribution in [0.5, 0.6) is 0 Å². The molecule has 0 fully saturated rings. The van der Waals surface area contributed by atoms with Crippen LogP contribution >= 0.6 is 11.6 Å². The Bertz CT molecular complexity index is 738. The number of aliphatic hydroxyl groups is 1. The summed E-state index contributed by atoms with van der Waals surface area (Å²) in [5.74, 6) is -1.85. The van der Waals surface area contributed by atoms with Crippen molar-refractivity contribution in [1.82, 2.24) is 5.32 Å². The van der Waals surface area contributed by atoms with Crippen LogP contribution in [-0.2, 0) is 19.8 Å². The summed E-state index contributed by atoms with van der Waals surface area (Å²) in [6.45, 7) is 4.68. The molecule has 1 aliphatic rings. The minimum absolute atomic E-state index is 0.195. The lowest BCUT2D eigenvalue weighted by atomic mass is 9.68. The average molecular weight is 336 g/mol. The monoisotopic (exact) mass is 335 g/mol. The van der Waals surface area contributed by atoms with Gasteiger partial charge < -0.3 is 10.4 Å². The van der Waals surface area contributed by atoms with E-state index in [1.54, 1.807) is 25.1 Å². The van der Waals surface area contributed by atoms with Gasteiger partial charge in [0, 0.05) is 10.6 Å². The third-order valence-electron chi connectivity index (χ3n) is 4.23. The molecule has 0 bridgehead atoms. The van der Waals surface area contributed by atoms with E-state index in [-0.39, 0.29) is 23.7 Å². The van der Waals surface area contributed by atoms with Crippen LogP contribution < -0.4 is 5.32 Å². The molecule has 0 saturated heterocycles. The van der Waals surface area contributed by atoms with Gasteiger partial charge in [0.15, 0.2) is 5.78 Å². The maximum Gasteiger partial charge on any atom is 0.259 e. The molecule has 1 unspecified atom stereocenters. The molecule has 1 aromatic carbocycles. The molecule has 1 aliphatic carbocycles. The van der Waals surface area contributed by atoms with E-state index in [4.69, 9.17) is 11.6 Å². The van der Waals surface area contributed by atoms with Crippen LogP contribution in [0.3, 0.4) is 0 Å². The van der Waals surface area contributed by atoms with E-state index >= 15 is 0 Å². The second-order valence-corrected chi connectivity index (χ2v) is 6.25. The third kappa shape index (κ3) is 2.88. The Hall–Kier alpha value is -2.14. The quantitative estimate of drug-likeness (QED) is 0.828. The highest BCUT2D eigenvalue weighted by Crippen LogP contribution is 2.42. The summed E-state index contributed by atoms with van der Waals surface area (Å²) in [7, 11) is 0. The molecule has 6 heteroatoms. The first-order valence-electron chi connectivity index (χ1n) is 7.28. The molecule has 1 amide bonds. The Morgan fingerprint density at radius 1 is 1.35 bits per heavy atom. The van der Waals surface area contributed by atoms with E-state index in [9.17, 15) is 19.5 Å². The average Bonchev–Trinajstić information content (AvgIpc) is 2.50. The van der Waals surface area contributed by atoms with Crippen molar-refractivity contribution >= 4 is 34.8 Å². The summed E-state index contributed by atoms with van der Waals surface area (Å²) in [4.78, 5) is 36.1. The zero-order valence-electron chi connectivity index (χ0n) is 13.2. The van der Waals surface area contributed by atoms with Gasteiger partial charge in [0.2, 0.25) is 0 Å². The van der Waals surface area contributed by atoms with Gasteiger partial charge in [-0.2, -0.15) is 0 Å². The number of carbonyl (C=O) groups is 3. The van der Waals surface area contributed by atoms with Crippen LogP contribution in [0.15, 0.2) is 23.8 Å². The highest BCUT2D eigenvalue weighted by Gasteiger charge is 2.45. The van der Waals surface area contributed by atoms with Crippen molar-refractivity contribution in [2.75, 3.05) is 6.54 Å². The molecule has 1 aromatic rings. The first-order valence-corrected chi connectivity index (χ1v) is 7.66. The highest BCUT2D eigenvalue weighted by molar-refractivity contribution is 6.31. The van der Waals surface area contributed by atoms with Crippen molar-refractivity contribution < 1.29 is 19.5 Å². The Balaban J connectivity index is 2.60. The largest absolute Gasteiger partial charge is 0.506 e. The number of Topliss-reactive ketones (excluding diaryl/α,β-unsaturated/α-hetero) is 2. The van der Waals surface area contributed by atoms with E-state index in [1.165, 1.54) is 6.92 Å². The van der Waals surface area contributed by atoms with Crippen LogP contribution in [0.4, 0.5) is 0 Å². The van der Waals surface area contributed by atoms with E-state index in [0.29, 0.717) is 22.6 Å². The predicted octanol–water partition coefficient (Wildman–Crippen LogP) is 2.56. The van der Waals surface area contributed by atoms with E-state index in [1.807, 2.05) is 6.92 Å². The van der Waals surface area contributed by atoms with Crippen LogP contribution in [0, 0.1) is 0 Å². The second kappa shape index (κ2) is 6.16. The van der Waals surface area contributed by atoms with E-state index in [0.717, 1.165) is 0 Å². The van der Waals surface area contributed by atoms with Gasteiger partial charge >= 0.3 is 0 Å². The second-order valence-electron chi connectivity index (χ2n) is 5.81. The normalized spacial score (nSPS) is 20.3. The Kier molecular flexibility index (Phi) is 4.61. The maximum absolute atomic E-state index is 12.8. The number of carbonyl (C=O) groups excluding carboxylic acids is 3. The zero-order valence-corrected chi connectivity index (χ0v) is 14.0. The van der Waals surface area contributed by atoms with Gasteiger partial charge in [0.25, 0.3) is 5.91 Å². The SMILES string of the molecule is CCC1(C)C(=O)C(C(=O)NCC(C)=O)=C(O)c2ccc(Cl)cc21. The molecule has 0 aliphatic heterocycles. The van der Waals surface area contributed by atoms with Crippen molar-refractivity contribution in [3.63, 3.8) is 0 Å². The van der Waals surface area contributed by atoms with Crippen molar-refractivity contribution in [1.29, 1.82) is 0 Å². The van der Waals surface area contributed by atoms with Crippen LogP contribution in [0.2, 0.25) is 5.02 Å². The number of nitrogens with one attached hydrogen (secondary N) is 1. The fourth-order valence-corrected chi connectivity index (χ4v) is 2.85. The Morgan fingerprint density at radius 3 is 2.57 bits per heavy atom. The minimum atomic E-state index is -0.963. The summed E-state index contributed by atoms with van der Waals surface area (Å²) < 4.78 is 0. The standard InChI is InChI=1S/C17H18ClNO4/c1-4-17(3)12-7-10(18)5-6-11(12)14(21)13(15(17)22)16(23)19-8-9(2)20/h5-7,21H,4,8H2,1-3H3,(H,19,23). The zero-order chi connectivity index (χ0) is 17.4. The molecule has 0 saturated carbocycles. The molecule has 23 heavy (non-hydrogen) atoms. The number of amides is 1. The number of hydrogen-bond donors (Lipinski definition) is 2. The summed E-state index contributed by atoms with van der Waals surface area (Å²) in [5.41, 5.74) is -0.273. The fourth-order valence-electron chi connectivity index (χ4n) is 2.67. The van der Waals surface area contributed by atoms with Crippen molar-refractivity contribution in [3.05, 3.63) is 39.9 Å². The van der Waals surface area contributed by atoms with Gasteiger partial charge in [0.05, 0.1) is 12.0 Å². The van der Waals surface area contributed by atoms with Crippen molar-refractivity contribution in [2.24, 2.45) is 0 Å². The third-order valence-corrected chi connectivity index (χ3v) is 4.46. The number of fused-ring (bicyclic) bond motifs is 1. The fraction of sp³-hybridized carbons (Fsp3) is 0.353. The van der Waals surface area contributed by atoms with E-state index < -0.39 is 17.1 Å². The molecule has 0 heterocycles. The minimum Gasteiger partial charge on any atom is -0.506 e. The predicted molar refractivity (Wildman–Crippen MR) is 87.3 cm³/mol. The van der Waals surface area contributed by atoms with E-state index in [2.05, 4.69) is 5.32 Å². The summed E-state index contributed by atoms with van der Waals surface area (Å²) >= 11 is 6.01. The topological polar surface area (TPSA) is 83.5 Å². The first kappa shape index (κ1) is 17.2. The summed E-state index contributed by atoms with van der Waals surface area (Å²) in [6, 6.07) is 4.82. The number of aliphatic hydroxyl groups excluding tert-OH is 1. The van der Waals surface area contributed by atoms with Gasteiger partial charge in [-0.3, -0.25) is 14.4 Å². The van der Waals surface area contributed by atoms with Crippen LogP contribution in [0.25, 0.3) is 5.76 Å². The molecular formula is C17H18ClNO4. The van der Waals surface area contributed by atoms with Gasteiger partial charge in [0.1, 0.15) is 17.1 Å². The lowest BCUT2D eigenvalue weighted by molar-refractivity contribution is -0.127. The molecule has 122 valence electrons. The molecule has 0 radical (unpaired) electrons. The number of halogens is 1. The van der Waals surface area contributed by atoms with Crippen molar-refractivity contribution in [3.8, 4) is 0 Å². The lowest BCUT2D eigenvalue weighted by Gasteiger charge is -2.34. The molecule has 5 nitrogen and oxygen atoms in total. The first-order chi connectivity index (χ1) is 10.7. The lowest BCUT2D eigenvalue weighted by Crippen LogP contribution is -2.43. The number of hydrogen-bond acceptors (Lipinski definition) is 4. The smallest absolute Gasteiger partial charge is 0.259 e. The molecular weight excluding hydrogens is 318 g/mol. The molecule has 2 N–H and O–H groups in total. The van der Waals surface area contributed by atoms with Gasteiger partial charge in [-0.15, -0.1) is 0 Å². The molecule has 2 rings (SSSR count). The maximum atomic E-state index is 12.8. The van der Waals surface area contributed by atoms with Gasteiger partial charge in [-0.05, 0) is 44.0 Å². The molecule has 0 spiro atoms.